The fraction of sp³-hybridized carbons (Fsp3) is 0.111. The average molecular weight is 420 g/mol. The Morgan fingerprint density at radius 2 is 1.96 bits per heavy atom. The fourth-order valence-electron chi connectivity index (χ4n) is 2.31. The van der Waals surface area contributed by atoms with E-state index in [1.807, 2.05) is 6.92 Å². The van der Waals surface area contributed by atoms with Crippen molar-refractivity contribution in [3.8, 4) is 17.2 Å². The molecule has 3 aromatic rings. The molecule has 0 aliphatic rings. The van der Waals surface area contributed by atoms with Crippen LogP contribution in [-0.4, -0.2) is 22.9 Å². The molecule has 144 valence electrons. The van der Waals surface area contributed by atoms with Gasteiger partial charge in [0.25, 0.3) is 5.91 Å². The molecule has 10 heteroatoms. The van der Waals surface area contributed by atoms with Crippen molar-refractivity contribution in [2.45, 2.75) is 6.92 Å². The summed E-state index contributed by atoms with van der Waals surface area (Å²) in [5, 5.41) is 14.6. The molecule has 28 heavy (non-hydrogen) atoms. The van der Waals surface area contributed by atoms with E-state index in [0.717, 1.165) is 4.88 Å². The Morgan fingerprint density at radius 1 is 1.21 bits per heavy atom. The van der Waals surface area contributed by atoms with Gasteiger partial charge in [-0.2, -0.15) is 0 Å². The highest BCUT2D eigenvalue weighted by atomic mass is 35.5. The van der Waals surface area contributed by atoms with Gasteiger partial charge in [0.2, 0.25) is 5.75 Å². The molecule has 2 aromatic carbocycles. The summed E-state index contributed by atoms with van der Waals surface area (Å²) >= 11 is 7.17. The Balaban J connectivity index is 1.86. The van der Waals surface area contributed by atoms with Gasteiger partial charge in [-0.05, 0) is 37.3 Å². The average Bonchev–Trinajstić information content (AvgIpc) is 3.07. The van der Waals surface area contributed by atoms with Gasteiger partial charge < -0.3 is 9.47 Å². The lowest BCUT2D eigenvalue weighted by Crippen LogP contribution is -2.11. The molecule has 0 spiro atoms. The summed E-state index contributed by atoms with van der Waals surface area (Å²) in [6.45, 7) is 1.89. The van der Waals surface area contributed by atoms with E-state index >= 15 is 0 Å². The predicted octanol–water partition coefficient (Wildman–Crippen LogP) is 5.07. The van der Waals surface area contributed by atoms with Gasteiger partial charge in [-0.15, -0.1) is 11.3 Å². The van der Waals surface area contributed by atoms with Gasteiger partial charge in [-0.3, -0.25) is 20.2 Å². The van der Waals surface area contributed by atoms with E-state index in [4.69, 9.17) is 21.1 Å². The molecular weight excluding hydrogens is 406 g/mol. The van der Waals surface area contributed by atoms with Crippen molar-refractivity contribution in [1.82, 2.24) is 4.98 Å². The number of amides is 1. The van der Waals surface area contributed by atoms with Crippen molar-refractivity contribution < 1.29 is 19.2 Å². The van der Waals surface area contributed by atoms with Crippen LogP contribution >= 0.6 is 22.9 Å². The van der Waals surface area contributed by atoms with Gasteiger partial charge in [0.1, 0.15) is 0 Å². The quantitative estimate of drug-likeness (QED) is 0.442. The smallest absolute Gasteiger partial charge is 0.313 e. The molecule has 0 bridgehead atoms. The van der Waals surface area contributed by atoms with E-state index in [1.54, 1.807) is 6.20 Å². The molecule has 1 aromatic heterocycles. The number of carbonyl (C=O) groups excluding carboxylic acids is 1. The minimum Gasteiger partial charge on any atom is -0.493 e. The second kappa shape index (κ2) is 8.24. The molecular formula is C18H14ClN3O5S. The number of nitro groups is 1. The minimum atomic E-state index is -0.592. The number of aryl methyl sites for hydroxylation is 1. The summed E-state index contributed by atoms with van der Waals surface area (Å²) in [7, 11) is 1.41. The zero-order valence-electron chi connectivity index (χ0n) is 14.8. The van der Waals surface area contributed by atoms with Crippen molar-refractivity contribution in [1.29, 1.82) is 0 Å². The highest BCUT2D eigenvalue weighted by molar-refractivity contribution is 7.15. The molecule has 1 heterocycles. The predicted molar refractivity (Wildman–Crippen MR) is 106 cm³/mol. The third-order valence-corrected chi connectivity index (χ3v) is 4.67. The normalized spacial score (nSPS) is 10.4. The number of methoxy groups -OCH3 is 1. The SMILES string of the molecule is COc1cc(C(=O)Nc2ncc(C)s2)ccc1Oc1ccc(Cl)cc1[N+](=O)[O-]. The molecule has 0 saturated heterocycles. The summed E-state index contributed by atoms with van der Waals surface area (Å²) in [5.74, 6) is 0.0987. The third-order valence-electron chi connectivity index (χ3n) is 3.61. The zero-order valence-corrected chi connectivity index (χ0v) is 16.3. The van der Waals surface area contributed by atoms with Crippen molar-refractivity contribution >= 4 is 39.7 Å². The van der Waals surface area contributed by atoms with Crippen molar-refractivity contribution in [2.24, 2.45) is 0 Å². The molecule has 1 amide bonds. The molecule has 0 aliphatic carbocycles. The van der Waals surface area contributed by atoms with Crippen LogP contribution < -0.4 is 14.8 Å². The number of hydrogen-bond donors (Lipinski definition) is 1. The van der Waals surface area contributed by atoms with E-state index in [-0.39, 0.29) is 33.9 Å². The lowest BCUT2D eigenvalue weighted by Gasteiger charge is -2.12. The van der Waals surface area contributed by atoms with Gasteiger partial charge in [-0.25, -0.2) is 4.98 Å². The lowest BCUT2D eigenvalue weighted by atomic mass is 10.2. The molecule has 0 aliphatic heterocycles. The van der Waals surface area contributed by atoms with Crippen LogP contribution in [0, 0.1) is 17.0 Å². The maximum atomic E-state index is 12.4. The number of carbonyl (C=O) groups is 1. The summed E-state index contributed by atoms with van der Waals surface area (Å²) in [6, 6.07) is 8.57. The number of nitrogens with zero attached hydrogens (tertiary/aromatic N) is 2. The van der Waals surface area contributed by atoms with Crippen molar-refractivity contribution in [2.75, 3.05) is 12.4 Å². The summed E-state index contributed by atoms with van der Waals surface area (Å²) < 4.78 is 10.9. The summed E-state index contributed by atoms with van der Waals surface area (Å²) in [6.07, 6.45) is 1.66. The van der Waals surface area contributed by atoms with E-state index in [0.29, 0.717) is 10.7 Å². The molecule has 8 nitrogen and oxygen atoms in total. The zero-order chi connectivity index (χ0) is 20.3. The number of aromatic nitrogens is 1. The van der Waals surface area contributed by atoms with E-state index < -0.39 is 4.92 Å². The minimum absolute atomic E-state index is 0.00293. The number of rotatable bonds is 6. The second-order valence-corrected chi connectivity index (χ2v) is 7.24. The van der Waals surface area contributed by atoms with E-state index in [2.05, 4.69) is 10.3 Å². The van der Waals surface area contributed by atoms with Gasteiger partial charge >= 0.3 is 5.69 Å². The van der Waals surface area contributed by atoms with Crippen molar-refractivity contribution in [3.63, 3.8) is 0 Å². The first-order valence-corrected chi connectivity index (χ1v) is 9.10. The topological polar surface area (TPSA) is 104 Å². The third kappa shape index (κ3) is 4.38. The van der Waals surface area contributed by atoms with Gasteiger partial charge in [-0.1, -0.05) is 11.6 Å². The number of thiazole rings is 1. The number of halogens is 1. The van der Waals surface area contributed by atoms with Crippen LogP contribution in [-0.2, 0) is 0 Å². The number of nitro benzene ring substituents is 1. The fourth-order valence-corrected chi connectivity index (χ4v) is 3.14. The first-order valence-electron chi connectivity index (χ1n) is 7.91. The molecule has 0 atom stereocenters. The summed E-state index contributed by atoms with van der Waals surface area (Å²) in [5.41, 5.74) is 0.0400. The first kappa shape index (κ1) is 19.6. The Morgan fingerprint density at radius 3 is 2.61 bits per heavy atom. The second-order valence-electron chi connectivity index (χ2n) is 5.57. The molecule has 0 unspecified atom stereocenters. The van der Waals surface area contributed by atoms with Crippen LogP contribution in [0.3, 0.4) is 0 Å². The number of hydrogen-bond acceptors (Lipinski definition) is 7. The largest absolute Gasteiger partial charge is 0.493 e. The number of ether oxygens (including phenoxy) is 2. The highest BCUT2D eigenvalue weighted by Gasteiger charge is 2.19. The van der Waals surface area contributed by atoms with Crippen molar-refractivity contribution in [3.05, 3.63) is 68.2 Å². The number of anilines is 1. The van der Waals surface area contributed by atoms with Gasteiger partial charge in [0.05, 0.1) is 12.0 Å². The van der Waals surface area contributed by atoms with E-state index in [9.17, 15) is 14.9 Å². The van der Waals surface area contributed by atoms with Crippen LogP contribution in [0.4, 0.5) is 10.8 Å². The molecule has 0 fully saturated rings. The highest BCUT2D eigenvalue weighted by Crippen LogP contribution is 2.38. The Bertz CT molecular complexity index is 1050. The first-order chi connectivity index (χ1) is 13.4. The monoisotopic (exact) mass is 419 g/mol. The standard InChI is InChI=1S/C18H14ClN3O5S/c1-10-9-20-18(28-10)21-17(23)11-3-5-15(16(7-11)26-2)27-14-6-4-12(19)8-13(14)22(24)25/h3-9H,1-2H3,(H,20,21,23). The Hall–Kier alpha value is -3.17. The molecule has 0 radical (unpaired) electrons. The summed E-state index contributed by atoms with van der Waals surface area (Å²) in [4.78, 5) is 28.1. The maximum absolute atomic E-state index is 12.4. The van der Waals surface area contributed by atoms with Crippen LogP contribution in [0.1, 0.15) is 15.2 Å². The van der Waals surface area contributed by atoms with Crippen LogP contribution in [0.5, 0.6) is 17.2 Å². The Labute approximate surface area is 168 Å². The maximum Gasteiger partial charge on any atom is 0.313 e. The van der Waals surface area contributed by atoms with E-state index in [1.165, 1.54) is 54.8 Å². The number of nitrogens with one attached hydrogen (secondary N) is 1. The van der Waals surface area contributed by atoms with Crippen LogP contribution in [0.25, 0.3) is 0 Å². The molecule has 1 N–H and O–H groups in total. The molecule has 3 rings (SSSR count). The Kier molecular flexibility index (Phi) is 5.76. The van der Waals surface area contributed by atoms with Gasteiger partial charge in [0, 0.05) is 27.7 Å². The lowest BCUT2D eigenvalue weighted by molar-refractivity contribution is -0.385. The van der Waals surface area contributed by atoms with Crippen LogP contribution in [0.15, 0.2) is 42.6 Å². The van der Waals surface area contributed by atoms with Gasteiger partial charge in [0.15, 0.2) is 16.6 Å². The van der Waals surface area contributed by atoms with Crippen LogP contribution in [0.2, 0.25) is 5.02 Å². The number of benzene rings is 2. The molecule has 0 saturated carbocycles.